The third-order valence-electron chi connectivity index (χ3n) is 3.55. The van der Waals surface area contributed by atoms with Crippen molar-refractivity contribution >= 4 is 0 Å². The largest absolute Gasteiger partial charge is 0.349 e. The predicted octanol–water partition coefficient (Wildman–Crippen LogP) is 1.94. The number of imidazole rings is 2. The Balaban J connectivity index is 1.95. The van der Waals surface area contributed by atoms with Crippen LogP contribution in [-0.2, 0) is 13.0 Å². The highest BCUT2D eigenvalue weighted by molar-refractivity contribution is 5.08. The lowest BCUT2D eigenvalue weighted by Gasteiger charge is -2.20. The Morgan fingerprint density at radius 3 is 2.89 bits per heavy atom. The summed E-state index contributed by atoms with van der Waals surface area (Å²) in [7, 11) is 0. The smallest absolute Gasteiger partial charge is 0.106 e. The van der Waals surface area contributed by atoms with E-state index in [-0.39, 0.29) is 0 Å². The molecule has 0 saturated carbocycles. The molecule has 1 atom stereocenters. The number of hydrogen-bond donors (Lipinski definition) is 2. The zero-order valence-electron chi connectivity index (χ0n) is 11.7. The topological polar surface area (TPSA) is 72.5 Å². The van der Waals surface area contributed by atoms with Crippen molar-refractivity contribution in [1.29, 1.82) is 0 Å². The number of nitrogens with two attached hydrogens (primary N) is 1. The quantitative estimate of drug-likeness (QED) is 0.800. The molecule has 5 heteroatoms. The molecule has 5 nitrogen and oxygen atoms in total. The van der Waals surface area contributed by atoms with Gasteiger partial charge in [0, 0.05) is 49.7 Å². The summed E-state index contributed by atoms with van der Waals surface area (Å²) in [6.07, 6.45) is 9.52. The minimum Gasteiger partial charge on any atom is -0.349 e. The minimum absolute atomic E-state index is 0.381. The first-order chi connectivity index (χ1) is 9.22. The van der Waals surface area contributed by atoms with Crippen LogP contribution in [0.5, 0.6) is 0 Å². The molecule has 0 spiro atoms. The standard InChI is InChI=1S/C14H23N5/c1-11(2)12(8-15)13-9-16-10-19(13)7-3-4-14-17-5-6-18-14/h5-6,9-12H,3-4,7-8,15H2,1-2H3,(H,17,18). The molecule has 0 amide bonds. The van der Waals surface area contributed by atoms with E-state index in [9.17, 15) is 0 Å². The van der Waals surface area contributed by atoms with E-state index in [4.69, 9.17) is 5.73 Å². The molecule has 104 valence electrons. The van der Waals surface area contributed by atoms with Crippen molar-refractivity contribution in [2.45, 2.75) is 39.2 Å². The van der Waals surface area contributed by atoms with Gasteiger partial charge in [-0.15, -0.1) is 0 Å². The molecule has 0 aliphatic heterocycles. The second kappa shape index (κ2) is 6.52. The maximum Gasteiger partial charge on any atom is 0.106 e. The first kappa shape index (κ1) is 13.8. The van der Waals surface area contributed by atoms with E-state index in [0.717, 1.165) is 25.2 Å². The maximum atomic E-state index is 5.88. The van der Waals surface area contributed by atoms with E-state index >= 15 is 0 Å². The molecule has 0 aliphatic carbocycles. The number of aryl methyl sites for hydroxylation is 2. The number of nitrogens with zero attached hydrogens (tertiary/aromatic N) is 3. The summed E-state index contributed by atoms with van der Waals surface area (Å²) in [4.78, 5) is 11.6. The second-order valence-electron chi connectivity index (χ2n) is 5.24. The summed E-state index contributed by atoms with van der Waals surface area (Å²) >= 11 is 0. The lowest BCUT2D eigenvalue weighted by atomic mass is 9.93. The number of nitrogens with one attached hydrogen (secondary N) is 1. The third-order valence-corrected chi connectivity index (χ3v) is 3.55. The first-order valence-electron chi connectivity index (χ1n) is 6.90. The van der Waals surface area contributed by atoms with Gasteiger partial charge in [0.25, 0.3) is 0 Å². The summed E-state index contributed by atoms with van der Waals surface area (Å²) in [5.74, 6) is 1.96. The molecule has 0 saturated heterocycles. The molecule has 0 aromatic carbocycles. The van der Waals surface area contributed by atoms with Crippen molar-refractivity contribution in [3.8, 4) is 0 Å². The van der Waals surface area contributed by atoms with E-state index < -0.39 is 0 Å². The summed E-state index contributed by atoms with van der Waals surface area (Å²) in [5, 5.41) is 0. The van der Waals surface area contributed by atoms with Gasteiger partial charge in [-0.3, -0.25) is 0 Å². The zero-order chi connectivity index (χ0) is 13.7. The van der Waals surface area contributed by atoms with Gasteiger partial charge in [-0.25, -0.2) is 9.97 Å². The number of aromatic nitrogens is 4. The molecule has 2 heterocycles. The van der Waals surface area contributed by atoms with Crippen LogP contribution in [0.25, 0.3) is 0 Å². The summed E-state index contributed by atoms with van der Waals surface area (Å²) < 4.78 is 2.22. The van der Waals surface area contributed by atoms with E-state index in [1.165, 1.54) is 5.69 Å². The Hall–Kier alpha value is -1.62. The Kier molecular flexibility index (Phi) is 4.74. The van der Waals surface area contributed by atoms with Gasteiger partial charge in [0.05, 0.1) is 6.33 Å². The Morgan fingerprint density at radius 2 is 2.26 bits per heavy atom. The highest BCUT2D eigenvalue weighted by Crippen LogP contribution is 2.23. The van der Waals surface area contributed by atoms with Crippen molar-refractivity contribution in [3.05, 3.63) is 36.4 Å². The Labute approximate surface area is 114 Å². The molecule has 0 aliphatic rings. The van der Waals surface area contributed by atoms with Crippen LogP contribution in [0.4, 0.5) is 0 Å². The molecule has 0 radical (unpaired) electrons. The van der Waals surface area contributed by atoms with Crippen LogP contribution < -0.4 is 5.73 Å². The van der Waals surface area contributed by atoms with Crippen LogP contribution >= 0.6 is 0 Å². The van der Waals surface area contributed by atoms with Gasteiger partial charge in [-0.1, -0.05) is 13.8 Å². The van der Waals surface area contributed by atoms with E-state index in [2.05, 4.69) is 33.4 Å². The average Bonchev–Trinajstić information content (AvgIpc) is 3.02. The normalized spacial score (nSPS) is 13.1. The summed E-state index contributed by atoms with van der Waals surface area (Å²) in [6.45, 7) is 6.04. The van der Waals surface area contributed by atoms with Gasteiger partial charge < -0.3 is 15.3 Å². The third kappa shape index (κ3) is 3.44. The Morgan fingerprint density at radius 1 is 1.42 bits per heavy atom. The van der Waals surface area contributed by atoms with Gasteiger partial charge in [-0.2, -0.15) is 0 Å². The van der Waals surface area contributed by atoms with Crippen molar-refractivity contribution in [2.24, 2.45) is 11.7 Å². The minimum atomic E-state index is 0.381. The van der Waals surface area contributed by atoms with Gasteiger partial charge >= 0.3 is 0 Å². The highest BCUT2D eigenvalue weighted by atomic mass is 15.0. The van der Waals surface area contributed by atoms with Crippen LogP contribution in [0.1, 0.15) is 37.7 Å². The van der Waals surface area contributed by atoms with Crippen LogP contribution in [-0.4, -0.2) is 26.1 Å². The highest BCUT2D eigenvalue weighted by Gasteiger charge is 2.17. The molecule has 0 bridgehead atoms. The van der Waals surface area contributed by atoms with Gasteiger partial charge in [0.2, 0.25) is 0 Å². The zero-order valence-corrected chi connectivity index (χ0v) is 11.7. The summed E-state index contributed by atoms with van der Waals surface area (Å²) in [6, 6.07) is 0. The predicted molar refractivity (Wildman–Crippen MR) is 75.8 cm³/mol. The molecule has 0 fully saturated rings. The van der Waals surface area contributed by atoms with Crippen LogP contribution in [0.15, 0.2) is 24.9 Å². The van der Waals surface area contributed by atoms with Crippen LogP contribution in [0.3, 0.4) is 0 Å². The monoisotopic (exact) mass is 261 g/mol. The van der Waals surface area contributed by atoms with Crippen molar-refractivity contribution in [3.63, 3.8) is 0 Å². The lowest BCUT2D eigenvalue weighted by Crippen LogP contribution is -2.21. The molecular weight excluding hydrogens is 238 g/mol. The molecule has 1 unspecified atom stereocenters. The number of rotatable bonds is 7. The van der Waals surface area contributed by atoms with Crippen molar-refractivity contribution in [1.82, 2.24) is 19.5 Å². The fourth-order valence-electron chi connectivity index (χ4n) is 2.41. The lowest BCUT2D eigenvalue weighted by molar-refractivity contribution is 0.467. The van der Waals surface area contributed by atoms with Gasteiger partial charge in [0.1, 0.15) is 5.82 Å². The molecule has 3 N–H and O–H groups in total. The van der Waals surface area contributed by atoms with E-state index in [0.29, 0.717) is 18.4 Å². The SMILES string of the molecule is CC(C)C(CN)c1cncn1CCCc1ncc[nH]1. The summed E-state index contributed by atoms with van der Waals surface area (Å²) in [5.41, 5.74) is 7.13. The molecule has 2 aromatic rings. The number of H-pyrrole nitrogens is 1. The molecule has 19 heavy (non-hydrogen) atoms. The Bertz CT molecular complexity index is 472. The molecule has 2 aromatic heterocycles. The van der Waals surface area contributed by atoms with Crippen LogP contribution in [0, 0.1) is 5.92 Å². The van der Waals surface area contributed by atoms with Gasteiger partial charge in [-0.05, 0) is 12.3 Å². The second-order valence-corrected chi connectivity index (χ2v) is 5.24. The maximum absolute atomic E-state index is 5.88. The fraction of sp³-hybridized carbons (Fsp3) is 0.571. The average molecular weight is 261 g/mol. The molecular formula is C14H23N5. The number of hydrogen-bond acceptors (Lipinski definition) is 3. The van der Waals surface area contributed by atoms with E-state index in [1.807, 2.05) is 18.7 Å². The van der Waals surface area contributed by atoms with Crippen molar-refractivity contribution < 1.29 is 0 Å². The van der Waals surface area contributed by atoms with Crippen LogP contribution in [0.2, 0.25) is 0 Å². The van der Waals surface area contributed by atoms with Crippen molar-refractivity contribution in [2.75, 3.05) is 6.54 Å². The van der Waals surface area contributed by atoms with Gasteiger partial charge in [0.15, 0.2) is 0 Å². The molecule has 2 rings (SSSR count). The van der Waals surface area contributed by atoms with E-state index in [1.54, 1.807) is 6.20 Å². The fourth-order valence-corrected chi connectivity index (χ4v) is 2.41. The first-order valence-corrected chi connectivity index (χ1v) is 6.90. The number of aromatic amines is 1.